The molecule has 2 heterocycles. The van der Waals surface area contributed by atoms with Gasteiger partial charge in [0, 0.05) is 32.9 Å². The molecule has 0 unspecified atom stereocenters. The summed E-state index contributed by atoms with van der Waals surface area (Å²) in [4.78, 5) is 0. The standard InChI is InChI=1S/C46H36N2O/c1-32-16-27-38(28-17-32)49-30-8-9-33-18-29-46-42(31-33)41-12-4-7-15-45(41)48(46)37-25-21-35(22-26-37)34-19-23-36(24-20-34)47-43-13-5-2-10-39(43)40-11-3-6-14-44(40)47/h2-7,10-29,31H,8-9,30H2,1H3. The summed E-state index contributed by atoms with van der Waals surface area (Å²) in [5.74, 6) is 0.937. The summed E-state index contributed by atoms with van der Waals surface area (Å²) >= 11 is 0. The third-order valence-electron chi connectivity index (χ3n) is 9.80. The second-order valence-electron chi connectivity index (χ2n) is 12.9. The Morgan fingerprint density at radius 2 is 0.918 bits per heavy atom. The molecule has 49 heavy (non-hydrogen) atoms. The van der Waals surface area contributed by atoms with E-state index in [1.807, 2.05) is 12.1 Å². The van der Waals surface area contributed by atoms with Crippen LogP contribution in [0.1, 0.15) is 17.5 Å². The molecular weight excluding hydrogens is 597 g/mol. The number of benzene rings is 7. The van der Waals surface area contributed by atoms with Crippen LogP contribution in [0.5, 0.6) is 5.75 Å². The fraction of sp³-hybridized carbons (Fsp3) is 0.0870. The van der Waals surface area contributed by atoms with E-state index in [2.05, 4.69) is 168 Å². The normalized spacial score (nSPS) is 11.6. The van der Waals surface area contributed by atoms with Crippen molar-refractivity contribution >= 4 is 43.6 Å². The van der Waals surface area contributed by atoms with E-state index in [0.29, 0.717) is 6.61 Å². The van der Waals surface area contributed by atoms with Crippen LogP contribution >= 0.6 is 0 Å². The lowest BCUT2D eigenvalue weighted by Crippen LogP contribution is -1.99. The Labute approximate surface area is 286 Å². The molecule has 9 aromatic rings. The van der Waals surface area contributed by atoms with E-state index in [9.17, 15) is 0 Å². The van der Waals surface area contributed by atoms with Gasteiger partial charge in [-0.2, -0.15) is 0 Å². The Hall–Kier alpha value is -6.06. The van der Waals surface area contributed by atoms with Gasteiger partial charge in [0.15, 0.2) is 0 Å². The maximum absolute atomic E-state index is 5.99. The molecule has 0 fully saturated rings. The molecule has 0 saturated carbocycles. The number of fused-ring (bicyclic) bond motifs is 6. The molecule has 0 aliphatic rings. The Bertz CT molecular complexity index is 2530. The van der Waals surface area contributed by atoms with Gasteiger partial charge in [-0.05, 0) is 103 Å². The van der Waals surface area contributed by atoms with E-state index in [0.717, 1.165) is 24.3 Å². The van der Waals surface area contributed by atoms with Crippen molar-refractivity contribution in [3.63, 3.8) is 0 Å². The number of para-hydroxylation sites is 3. The van der Waals surface area contributed by atoms with E-state index in [1.165, 1.54) is 71.6 Å². The third-order valence-corrected chi connectivity index (χ3v) is 9.80. The van der Waals surface area contributed by atoms with Gasteiger partial charge in [-0.15, -0.1) is 0 Å². The molecule has 0 saturated heterocycles. The largest absolute Gasteiger partial charge is 0.494 e. The minimum Gasteiger partial charge on any atom is -0.494 e. The Morgan fingerprint density at radius 3 is 1.45 bits per heavy atom. The van der Waals surface area contributed by atoms with Crippen LogP contribution < -0.4 is 4.74 Å². The summed E-state index contributed by atoms with van der Waals surface area (Å²) in [6, 6.07) is 59.2. The number of aryl methyl sites for hydroxylation is 2. The zero-order valence-corrected chi connectivity index (χ0v) is 27.5. The zero-order chi connectivity index (χ0) is 32.7. The molecule has 236 valence electrons. The first-order valence-corrected chi connectivity index (χ1v) is 17.1. The van der Waals surface area contributed by atoms with Crippen molar-refractivity contribution in [1.82, 2.24) is 9.13 Å². The molecule has 0 spiro atoms. The minimum atomic E-state index is 0.706. The average Bonchev–Trinajstić information content (AvgIpc) is 3.67. The minimum absolute atomic E-state index is 0.706. The van der Waals surface area contributed by atoms with Crippen molar-refractivity contribution in [1.29, 1.82) is 0 Å². The highest BCUT2D eigenvalue weighted by Gasteiger charge is 2.14. The SMILES string of the molecule is Cc1ccc(OCCCc2ccc3c(c2)c2ccccc2n3-c2ccc(-c3ccc(-n4c5ccccc5c5ccccc54)cc3)cc2)cc1. The van der Waals surface area contributed by atoms with Crippen molar-refractivity contribution in [2.45, 2.75) is 19.8 Å². The fourth-order valence-corrected chi connectivity index (χ4v) is 7.36. The maximum atomic E-state index is 5.99. The first-order chi connectivity index (χ1) is 24.2. The number of nitrogens with zero attached hydrogens (tertiary/aromatic N) is 2. The molecule has 0 atom stereocenters. The zero-order valence-electron chi connectivity index (χ0n) is 27.5. The number of hydrogen-bond acceptors (Lipinski definition) is 1. The van der Waals surface area contributed by atoms with Crippen molar-refractivity contribution in [3.05, 3.63) is 175 Å². The second kappa shape index (κ2) is 12.2. The summed E-state index contributed by atoms with van der Waals surface area (Å²) in [5, 5.41) is 5.13. The third kappa shape index (κ3) is 5.25. The second-order valence-corrected chi connectivity index (χ2v) is 12.9. The van der Waals surface area contributed by atoms with Gasteiger partial charge in [0.1, 0.15) is 5.75 Å². The number of aromatic nitrogens is 2. The molecule has 2 aromatic heterocycles. The summed E-state index contributed by atoms with van der Waals surface area (Å²) < 4.78 is 10.8. The summed E-state index contributed by atoms with van der Waals surface area (Å²) in [7, 11) is 0. The Morgan fingerprint density at radius 1 is 0.449 bits per heavy atom. The maximum Gasteiger partial charge on any atom is 0.119 e. The van der Waals surface area contributed by atoms with Gasteiger partial charge in [-0.25, -0.2) is 0 Å². The fourth-order valence-electron chi connectivity index (χ4n) is 7.36. The van der Waals surface area contributed by atoms with Crippen molar-refractivity contribution in [3.8, 4) is 28.3 Å². The molecule has 0 aliphatic heterocycles. The van der Waals surface area contributed by atoms with Crippen LogP contribution in [0.25, 0.3) is 66.1 Å². The molecule has 3 heteroatoms. The molecular formula is C46H36N2O. The highest BCUT2D eigenvalue weighted by atomic mass is 16.5. The lowest BCUT2D eigenvalue weighted by atomic mass is 10.0. The van der Waals surface area contributed by atoms with Crippen LogP contribution in [0.3, 0.4) is 0 Å². The van der Waals surface area contributed by atoms with E-state index >= 15 is 0 Å². The Kier molecular flexibility index (Phi) is 7.24. The summed E-state index contributed by atoms with van der Waals surface area (Å²) in [6.45, 7) is 2.80. The molecule has 0 radical (unpaired) electrons. The van der Waals surface area contributed by atoms with Gasteiger partial charge in [0.2, 0.25) is 0 Å². The van der Waals surface area contributed by atoms with Crippen molar-refractivity contribution in [2.75, 3.05) is 6.61 Å². The Balaban J connectivity index is 0.986. The van der Waals surface area contributed by atoms with Gasteiger partial charge in [0.25, 0.3) is 0 Å². The molecule has 0 N–H and O–H groups in total. The number of hydrogen-bond donors (Lipinski definition) is 0. The lowest BCUT2D eigenvalue weighted by Gasteiger charge is -2.11. The van der Waals surface area contributed by atoms with Gasteiger partial charge < -0.3 is 13.9 Å². The predicted octanol–water partition coefficient (Wildman–Crippen LogP) is 11.9. The number of ether oxygens (including phenoxy) is 1. The van der Waals surface area contributed by atoms with Crippen LogP contribution in [0.2, 0.25) is 0 Å². The monoisotopic (exact) mass is 632 g/mol. The van der Waals surface area contributed by atoms with Gasteiger partial charge in [-0.3, -0.25) is 0 Å². The van der Waals surface area contributed by atoms with E-state index in [1.54, 1.807) is 0 Å². The molecule has 0 amide bonds. The van der Waals surface area contributed by atoms with Gasteiger partial charge >= 0.3 is 0 Å². The van der Waals surface area contributed by atoms with Crippen LogP contribution in [0.15, 0.2) is 164 Å². The van der Waals surface area contributed by atoms with Crippen molar-refractivity contribution in [2.24, 2.45) is 0 Å². The summed E-state index contributed by atoms with van der Waals surface area (Å²) in [6.07, 6.45) is 1.95. The lowest BCUT2D eigenvalue weighted by molar-refractivity contribution is 0.311. The van der Waals surface area contributed by atoms with Crippen LogP contribution in [-0.4, -0.2) is 15.7 Å². The highest BCUT2D eigenvalue weighted by Crippen LogP contribution is 2.35. The van der Waals surface area contributed by atoms with Crippen LogP contribution in [0.4, 0.5) is 0 Å². The topological polar surface area (TPSA) is 19.1 Å². The highest BCUT2D eigenvalue weighted by molar-refractivity contribution is 6.10. The van der Waals surface area contributed by atoms with Gasteiger partial charge in [0.05, 0.1) is 28.7 Å². The molecule has 9 rings (SSSR count). The quantitative estimate of drug-likeness (QED) is 0.153. The molecule has 7 aromatic carbocycles. The van der Waals surface area contributed by atoms with Crippen LogP contribution in [-0.2, 0) is 6.42 Å². The molecule has 0 bridgehead atoms. The first-order valence-electron chi connectivity index (χ1n) is 17.1. The van der Waals surface area contributed by atoms with Gasteiger partial charge in [-0.1, -0.05) is 103 Å². The van der Waals surface area contributed by atoms with E-state index in [-0.39, 0.29) is 0 Å². The smallest absolute Gasteiger partial charge is 0.119 e. The van der Waals surface area contributed by atoms with E-state index in [4.69, 9.17) is 4.74 Å². The first kappa shape index (κ1) is 29.1. The summed E-state index contributed by atoms with van der Waals surface area (Å²) in [5.41, 5.74) is 12.2. The average molecular weight is 633 g/mol. The van der Waals surface area contributed by atoms with Crippen molar-refractivity contribution < 1.29 is 4.74 Å². The van der Waals surface area contributed by atoms with Crippen LogP contribution in [0, 0.1) is 6.92 Å². The molecule has 0 aliphatic carbocycles. The van der Waals surface area contributed by atoms with E-state index < -0.39 is 0 Å². The molecule has 3 nitrogen and oxygen atoms in total. The predicted molar refractivity (Wildman–Crippen MR) is 206 cm³/mol. The number of rotatable bonds is 8.